The third-order valence-corrected chi connectivity index (χ3v) is 16.0. The number of esters is 3. The summed E-state index contributed by atoms with van der Waals surface area (Å²) >= 11 is 0. The molecule has 1 unspecified atom stereocenters. The first-order valence-electron chi connectivity index (χ1n) is 35.6. The summed E-state index contributed by atoms with van der Waals surface area (Å²) in [6.07, 6.45) is 87.2. The van der Waals surface area contributed by atoms with Crippen LogP contribution in [0, 0.1) is 0 Å². The summed E-state index contributed by atoms with van der Waals surface area (Å²) in [5, 5.41) is 0. The summed E-state index contributed by atoms with van der Waals surface area (Å²) in [5.74, 6) is -0.861. The van der Waals surface area contributed by atoms with Gasteiger partial charge in [0, 0.05) is 19.3 Å². The molecule has 0 rings (SSSR count). The van der Waals surface area contributed by atoms with Gasteiger partial charge in [0.15, 0.2) is 6.10 Å². The second kappa shape index (κ2) is 68.9. The molecule has 0 aromatic carbocycles. The Labute approximate surface area is 498 Å². The molecule has 0 saturated carbocycles. The van der Waals surface area contributed by atoms with E-state index in [-0.39, 0.29) is 31.1 Å². The van der Waals surface area contributed by atoms with E-state index in [0.717, 1.165) is 70.6 Å². The Hall–Kier alpha value is -2.63. The smallest absolute Gasteiger partial charge is 0.306 e. The lowest BCUT2D eigenvalue weighted by Crippen LogP contribution is -2.30. The van der Waals surface area contributed by atoms with Crippen LogP contribution in [0.3, 0.4) is 0 Å². The summed E-state index contributed by atoms with van der Waals surface area (Å²) in [7, 11) is 0. The van der Waals surface area contributed by atoms with E-state index in [9.17, 15) is 14.4 Å². The summed E-state index contributed by atoms with van der Waals surface area (Å²) in [6, 6.07) is 0. The van der Waals surface area contributed by atoms with Crippen molar-refractivity contribution in [3.63, 3.8) is 0 Å². The first kappa shape index (κ1) is 77.4. The lowest BCUT2D eigenvalue weighted by atomic mass is 10.0. The van der Waals surface area contributed by atoms with Crippen LogP contribution in [0.1, 0.15) is 387 Å². The number of hydrogen-bond donors (Lipinski definition) is 0. The summed E-state index contributed by atoms with van der Waals surface area (Å²) in [5.41, 5.74) is 0. The third kappa shape index (κ3) is 66.2. The molecule has 0 saturated heterocycles. The van der Waals surface area contributed by atoms with E-state index in [1.807, 2.05) is 0 Å². The molecule has 6 nitrogen and oxygen atoms in total. The maximum absolute atomic E-state index is 12.9. The van der Waals surface area contributed by atoms with Crippen molar-refractivity contribution in [2.24, 2.45) is 0 Å². The van der Waals surface area contributed by atoms with Crippen LogP contribution >= 0.6 is 0 Å². The van der Waals surface area contributed by atoms with E-state index < -0.39 is 6.10 Å². The Morgan fingerprint density at radius 1 is 0.250 bits per heavy atom. The molecule has 0 aliphatic rings. The Morgan fingerprint density at radius 2 is 0.450 bits per heavy atom. The van der Waals surface area contributed by atoms with Gasteiger partial charge >= 0.3 is 17.9 Å². The second-order valence-corrected chi connectivity index (χ2v) is 24.1. The van der Waals surface area contributed by atoms with Crippen LogP contribution in [0.15, 0.2) is 48.6 Å². The standard InChI is InChI=1S/C74H136O6/c1-4-7-10-13-16-19-22-25-27-29-31-33-35-36-37-38-40-41-43-45-47-49-52-55-58-61-64-67-73(76)79-70-71(69-78-72(75)66-63-60-57-54-51-24-21-18-15-12-9-6-3)80-74(77)68-65-62-59-56-53-50-48-46-44-42-39-34-32-30-28-26-23-20-17-14-11-8-5-2/h18,21,23,26,29-32,71H,4-17,19-20,22,24-25,27-28,33-70H2,1-3H3/b21-18-,26-23-,31-29-,32-30-. The first-order chi connectivity index (χ1) is 39.5. The molecule has 0 spiro atoms. The van der Waals surface area contributed by atoms with Crippen LogP contribution in [0.2, 0.25) is 0 Å². The number of unbranched alkanes of at least 4 members (excludes halogenated alkanes) is 47. The maximum atomic E-state index is 12.9. The fourth-order valence-corrected chi connectivity index (χ4v) is 10.6. The molecule has 1 atom stereocenters. The van der Waals surface area contributed by atoms with Gasteiger partial charge in [-0.05, 0) is 103 Å². The number of carbonyl (C=O) groups is 3. The van der Waals surface area contributed by atoms with Gasteiger partial charge in [-0.1, -0.05) is 313 Å². The topological polar surface area (TPSA) is 78.9 Å². The zero-order valence-corrected chi connectivity index (χ0v) is 53.9. The highest BCUT2D eigenvalue weighted by atomic mass is 16.6. The highest BCUT2D eigenvalue weighted by Crippen LogP contribution is 2.18. The van der Waals surface area contributed by atoms with Crippen LogP contribution in [0.5, 0.6) is 0 Å². The van der Waals surface area contributed by atoms with E-state index in [0.29, 0.717) is 19.3 Å². The summed E-state index contributed by atoms with van der Waals surface area (Å²) < 4.78 is 17.0. The highest BCUT2D eigenvalue weighted by molar-refractivity contribution is 5.71. The van der Waals surface area contributed by atoms with Crippen LogP contribution in [0.4, 0.5) is 0 Å². The second-order valence-electron chi connectivity index (χ2n) is 24.1. The number of carbonyl (C=O) groups excluding carboxylic acids is 3. The average Bonchev–Trinajstić information content (AvgIpc) is 3.46. The molecule has 0 aliphatic heterocycles. The van der Waals surface area contributed by atoms with E-state index in [2.05, 4.69) is 69.4 Å². The van der Waals surface area contributed by atoms with E-state index in [4.69, 9.17) is 14.2 Å². The molecule has 468 valence electrons. The fraction of sp³-hybridized carbons (Fsp3) is 0.851. The van der Waals surface area contributed by atoms with Gasteiger partial charge in [-0.15, -0.1) is 0 Å². The van der Waals surface area contributed by atoms with Crippen LogP contribution < -0.4 is 0 Å². The Kier molecular flexibility index (Phi) is 66.6. The lowest BCUT2D eigenvalue weighted by Gasteiger charge is -2.18. The molecule has 6 heteroatoms. The fourth-order valence-electron chi connectivity index (χ4n) is 10.6. The minimum Gasteiger partial charge on any atom is -0.462 e. The maximum Gasteiger partial charge on any atom is 0.306 e. The molecule has 80 heavy (non-hydrogen) atoms. The summed E-state index contributed by atoms with van der Waals surface area (Å²) in [4.78, 5) is 38.4. The molecule has 0 N–H and O–H groups in total. The van der Waals surface area contributed by atoms with Crippen LogP contribution in [-0.4, -0.2) is 37.2 Å². The molecule has 0 aliphatic carbocycles. The Bertz CT molecular complexity index is 1380. The van der Waals surface area contributed by atoms with Crippen molar-refractivity contribution in [2.75, 3.05) is 13.2 Å². The minimum absolute atomic E-state index is 0.0729. The Balaban J connectivity index is 4.21. The van der Waals surface area contributed by atoms with Crippen molar-refractivity contribution in [1.82, 2.24) is 0 Å². The van der Waals surface area contributed by atoms with Gasteiger partial charge in [-0.3, -0.25) is 14.4 Å². The molecule has 0 fully saturated rings. The molecule has 0 radical (unpaired) electrons. The van der Waals surface area contributed by atoms with E-state index in [1.165, 1.54) is 276 Å². The monoisotopic (exact) mass is 1120 g/mol. The molecular weight excluding hydrogens is 985 g/mol. The van der Waals surface area contributed by atoms with E-state index >= 15 is 0 Å². The number of rotatable bonds is 66. The van der Waals surface area contributed by atoms with Crippen molar-refractivity contribution in [3.8, 4) is 0 Å². The Morgan fingerprint density at radius 3 is 0.725 bits per heavy atom. The van der Waals surface area contributed by atoms with Gasteiger partial charge in [0.1, 0.15) is 13.2 Å². The molecule has 0 aromatic rings. The predicted octanol–water partition coefficient (Wildman–Crippen LogP) is 24.5. The van der Waals surface area contributed by atoms with Crippen molar-refractivity contribution < 1.29 is 28.6 Å². The number of hydrogen-bond acceptors (Lipinski definition) is 6. The molecular formula is C74H136O6. The van der Waals surface area contributed by atoms with Crippen LogP contribution in [0.25, 0.3) is 0 Å². The predicted molar refractivity (Wildman–Crippen MR) is 349 cm³/mol. The SMILES string of the molecule is CCCCC/C=C\CCCCCCCC(=O)OCC(COC(=O)CCCCCCCCCCCCCCCCC/C=C\CCCCCCCCCC)OC(=O)CCCCCCCCCCCCC/C=C\C/C=C\CCCCCCC. The average molecular weight is 1120 g/mol. The zero-order chi connectivity index (χ0) is 57.8. The van der Waals surface area contributed by atoms with Gasteiger partial charge in [-0.25, -0.2) is 0 Å². The highest BCUT2D eigenvalue weighted by Gasteiger charge is 2.19. The quantitative estimate of drug-likeness (QED) is 0.0261. The minimum atomic E-state index is -0.777. The third-order valence-electron chi connectivity index (χ3n) is 16.0. The zero-order valence-electron chi connectivity index (χ0n) is 53.9. The van der Waals surface area contributed by atoms with E-state index in [1.54, 1.807) is 0 Å². The molecule has 0 bridgehead atoms. The number of ether oxygens (including phenoxy) is 3. The molecule has 0 aromatic heterocycles. The van der Waals surface area contributed by atoms with Gasteiger partial charge in [0.2, 0.25) is 0 Å². The number of allylic oxidation sites excluding steroid dienone is 8. The van der Waals surface area contributed by atoms with Crippen molar-refractivity contribution in [1.29, 1.82) is 0 Å². The normalized spacial score (nSPS) is 12.3. The van der Waals surface area contributed by atoms with Gasteiger partial charge in [-0.2, -0.15) is 0 Å². The van der Waals surface area contributed by atoms with Crippen molar-refractivity contribution in [2.45, 2.75) is 393 Å². The van der Waals surface area contributed by atoms with Crippen molar-refractivity contribution in [3.05, 3.63) is 48.6 Å². The first-order valence-corrected chi connectivity index (χ1v) is 35.6. The van der Waals surface area contributed by atoms with Crippen molar-refractivity contribution >= 4 is 17.9 Å². The van der Waals surface area contributed by atoms with Gasteiger partial charge in [0.05, 0.1) is 0 Å². The largest absolute Gasteiger partial charge is 0.462 e. The lowest BCUT2D eigenvalue weighted by molar-refractivity contribution is -0.167. The van der Waals surface area contributed by atoms with Gasteiger partial charge in [0.25, 0.3) is 0 Å². The van der Waals surface area contributed by atoms with Crippen LogP contribution in [-0.2, 0) is 28.6 Å². The molecule has 0 heterocycles. The van der Waals surface area contributed by atoms with Gasteiger partial charge < -0.3 is 14.2 Å². The summed E-state index contributed by atoms with van der Waals surface area (Å²) in [6.45, 7) is 6.66. The molecule has 0 amide bonds.